The van der Waals surface area contributed by atoms with Gasteiger partial charge in [-0.2, -0.15) is 0 Å². The van der Waals surface area contributed by atoms with Crippen molar-refractivity contribution in [1.82, 2.24) is 10.2 Å². The maximum Gasteiger partial charge on any atom is 0.251 e. The van der Waals surface area contributed by atoms with E-state index < -0.39 is 0 Å². The fraction of sp³-hybridized carbons (Fsp3) is 0.381. The molecule has 0 spiro atoms. The Morgan fingerprint density at radius 3 is 2.39 bits per heavy atom. The molecule has 0 aliphatic carbocycles. The molecule has 1 amide bonds. The third kappa shape index (κ3) is 4.95. The lowest BCUT2D eigenvalue weighted by atomic mass is 10.0. The molecule has 1 fully saturated rings. The summed E-state index contributed by atoms with van der Waals surface area (Å²) in [7, 11) is 3.12. The second-order valence-corrected chi connectivity index (χ2v) is 6.90. The van der Waals surface area contributed by atoms with E-state index in [1.165, 1.54) is 0 Å². The number of nitrogens with zero attached hydrogens (tertiary/aromatic N) is 1. The van der Waals surface area contributed by atoms with E-state index in [1.54, 1.807) is 32.4 Å². The van der Waals surface area contributed by atoms with Crippen LogP contribution in [0.3, 0.4) is 0 Å². The van der Waals surface area contributed by atoms with Crippen LogP contribution in [0.25, 0.3) is 0 Å². The van der Waals surface area contributed by atoms with Gasteiger partial charge in [0.25, 0.3) is 5.91 Å². The minimum atomic E-state index is -0.192. The summed E-state index contributed by atoms with van der Waals surface area (Å²) in [6.45, 7) is 3.35. The van der Waals surface area contributed by atoms with Crippen molar-refractivity contribution >= 4 is 17.5 Å². The van der Waals surface area contributed by atoms with Crippen LogP contribution in [-0.4, -0.2) is 57.9 Å². The number of hydrogen-bond donors (Lipinski definition) is 1. The molecule has 2 aromatic rings. The van der Waals surface area contributed by atoms with Crippen LogP contribution >= 0.6 is 11.6 Å². The summed E-state index contributed by atoms with van der Waals surface area (Å²) in [5.74, 6) is 0.947. The highest BCUT2D eigenvalue weighted by molar-refractivity contribution is 6.31. The standard InChI is InChI=1S/C21H25ClN2O4/c1-26-16-11-15(12-17(13-16)27-2)21(25)23-14-20(24-7-9-28-10-8-24)18-5-3-4-6-19(18)22/h3-6,11-13,20H,7-10,14H2,1-2H3,(H,23,25). The summed E-state index contributed by atoms with van der Waals surface area (Å²) in [6.07, 6.45) is 0. The summed E-state index contributed by atoms with van der Waals surface area (Å²) in [5, 5.41) is 3.72. The van der Waals surface area contributed by atoms with Crippen LogP contribution in [0.15, 0.2) is 42.5 Å². The summed E-state index contributed by atoms with van der Waals surface area (Å²) < 4.78 is 16.0. The highest BCUT2D eigenvalue weighted by Gasteiger charge is 2.25. The van der Waals surface area contributed by atoms with Gasteiger partial charge in [-0.25, -0.2) is 0 Å². The smallest absolute Gasteiger partial charge is 0.251 e. The molecule has 2 aromatic carbocycles. The van der Waals surface area contributed by atoms with E-state index in [4.69, 9.17) is 25.8 Å². The number of hydrogen-bond acceptors (Lipinski definition) is 5. The van der Waals surface area contributed by atoms with Crippen molar-refractivity contribution in [2.24, 2.45) is 0 Å². The van der Waals surface area contributed by atoms with Crippen LogP contribution < -0.4 is 14.8 Å². The van der Waals surface area contributed by atoms with Gasteiger partial charge in [0.1, 0.15) is 11.5 Å². The van der Waals surface area contributed by atoms with Gasteiger partial charge in [-0.1, -0.05) is 29.8 Å². The molecular formula is C21H25ClN2O4. The average Bonchev–Trinajstić information content (AvgIpc) is 2.75. The molecule has 0 aromatic heterocycles. The third-order valence-corrected chi connectivity index (χ3v) is 5.16. The summed E-state index contributed by atoms with van der Waals surface area (Å²) in [6, 6.07) is 12.8. The van der Waals surface area contributed by atoms with Crippen molar-refractivity contribution in [2.45, 2.75) is 6.04 Å². The number of ether oxygens (including phenoxy) is 3. The number of carbonyl (C=O) groups excluding carboxylic acids is 1. The van der Waals surface area contributed by atoms with Gasteiger partial charge in [-0.3, -0.25) is 9.69 Å². The molecule has 1 atom stereocenters. The SMILES string of the molecule is COc1cc(OC)cc(C(=O)NCC(c2ccccc2Cl)N2CCOCC2)c1. The summed E-state index contributed by atoms with van der Waals surface area (Å²) in [5.41, 5.74) is 1.48. The molecule has 0 bridgehead atoms. The Labute approximate surface area is 170 Å². The lowest BCUT2D eigenvalue weighted by Gasteiger charge is -2.35. The quantitative estimate of drug-likeness (QED) is 0.768. The number of carbonyl (C=O) groups is 1. The fourth-order valence-electron chi connectivity index (χ4n) is 3.30. The van der Waals surface area contributed by atoms with Crippen molar-refractivity contribution in [3.63, 3.8) is 0 Å². The van der Waals surface area contributed by atoms with Gasteiger partial charge in [0.15, 0.2) is 0 Å². The van der Waals surface area contributed by atoms with E-state index in [0.29, 0.717) is 41.8 Å². The van der Waals surface area contributed by atoms with Crippen molar-refractivity contribution in [3.05, 3.63) is 58.6 Å². The first-order chi connectivity index (χ1) is 13.6. The average molecular weight is 405 g/mol. The Hall–Kier alpha value is -2.28. The fourth-order valence-corrected chi connectivity index (χ4v) is 3.56. The molecule has 1 aliphatic rings. The molecule has 28 heavy (non-hydrogen) atoms. The van der Waals surface area contributed by atoms with Crippen LogP contribution in [0.4, 0.5) is 0 Å². The Balaban J connectivity index is 1.78. The summed E-state index contributed by atoms with van der Waals surface area (Å²) in [4.78, 5) is 15.1. The van der Waals surface area contributed by atoms with Crippen LogP contribution in [-0.2, 0) is 4.74 Å². The molecule has 1 heterocycles. The van der Waals surface area contributed by atoms with Gasteiger partial charge in [-0.15, -0.1) is 0 Å². The Morgan fingerprint density at radius 1 is 1.14 bits per heavy atom. The first kappa shape index (κ1) is 20.5. The van der Waals surface area contributed by atoms with Gasteiger partial charge >= 0.3 is 0 Å². The summed E-state index contributed by atoms with van der Waals surface area (Å²) >= 11 is 6.45. The van der Waals surface area contributed by atoms with E-state index in [1.807, 2.05) is 24.3 Å². The largest absolute Gasteiger partial charge is 0.497 e. The molecule has 1 saturated heterocycles. The first-order valence-corrected chi connectivity index (χ1v) is 9.57. The van der Waals surface area contributed by atoms with E-state index in [2.05, 4.69) is 10.2 Å². The number of nitrogens with one attached hydrogen (secondary N) is 1. The topological polar surface area (TPSA) is 60.0 Å². The number of amides is 1. The van der Waals surface area contributed by atoms with Crippen LogP contribution in [0.1, 0.15) is 22.0 Å². The van der Waals surface area contributed by atoms with Crippen molar-refractivity contribution < 1.29 is 19.0 Å². The van der Waals surface area contributed by atoms with Crippen molar-refractivity contribution in [3.8, 4) is 11.5 Å². The second-order valence-electron chi connectivity index (χ2n) is 6.50. The highest BCUT2D eigenvalue weighted by atomic mass is 35.5. The molecule has 1 unspecified atom stereocenters. The lowest BCUT2D eigenvalue weighted by Crippen LogP contribution is -2.44. The molecule has 3 rings (SSSR count). The van der Waals surface area contributed by atoms with Gasteiger partial charge in [0.2, 0.25) is 0 Å². The molecule has 1 aliphatic heterocycles. The molecule has 1 N–H and O–H groups in total. The maximum absolute atomic E-state index is 12.8. The Kier molecular flexibility index (Phi) is 7.14. The van der Waals surface area contributed by atoms with Gasteiger partial charge < -0.3 is 19.5 Å². The molecule has 6 nitrogen and oxygen atoms in total. The molecule has 0 radical (unpaired) electrons. The highest BCUT2D eigenvalue weighted by Crippen LogP contribution is 2.28. The van der Waals surface area contributed by atoms with Gasteiger partial charge in [0, 0.05) is 36.3 Å². The number of rotatable bonds is 7. The predicted octanol–water partition coefficient (Wildman–Crippen LogP) is 3.16. The van der Waals surface area contributed by atoms with E-state index in [0.717, 1.165) is 18.7 Å². The minimum Gasteiger partial charge on any atom is -0.497 e. The first-order valence-electron chi connectivity index (χ1n) is 9.20. The van der Waals surface area contributed by atoms with E-state index in [-0.39, 0.29) is 11.9 Å². The Bertz CT molecular complexity index is 786. The number of benzene rings is 2. The molecule has 150 valence electrons. The van der Waals surface area contributed by atoms with E-state index in [9.17, 15) is 4.79 Å². The zero-order valence-electron chi connectivity index (χ0n) is 16.1. The van der Waals surface area contributed by atoms with Crippen LogP contribution in [0, 0.1) is 0 Å². The van der Waals surface area contributed by atoms with Crippen LogP contribution in [0.5, 0.6) is 11.5 Å². The van der Waals surface area contributed by atoms with Crippen molar-refractivity contribution in [1.29, 1.82) is 0 Å². The third-order valence-electron chi connectivity index (χ3n) is 4.82. The molecular weight excluding hydrogens is 380 g/mol. The van der Waals surface area contributed by atoms with E-state index >= 15 is 0 Å². The minimum absolute atomic E-state index is 0.0333. The number of halogens is 1. The molecule has 7 heteroatoms. The Morgan fingerprint density at radius 2 is 1.79 bits per heavy atom. The maximum atomic E-state index is 12.8. The van der Waals surface area contributed by atoms with Gasteiger partial charge in [0.05, 0.1) is 33.5 Å². The monoisotopic (exact) mass is 404 g/mol. The van der Waals surface area contributed by atoms with Crippen LogP contribution in [0.2, 0.25) is 5.02 Å². The predicted molar refractivity (Wildman–Crippen MR) is 108 cm³/mol. The van der Waals surface area contributed by atoms with Gasteiger partial charge in [-0.05, 0) is 23.8 Å². The lowest BCUT2D eigenvalue weighted by molar-refractivity contribution is 0.0162. The second kappa shape index (κ2) is 9.78. The zero-order valence-corrected chi connectivity index (χ0v) is 16.9. The normalized spacial score (nSPS) is 15.7. The zero-order chi connectivity index (χ0) is 19.9. The number of morpholine rings is 1. The number of methoxy groups -OCH3 is 2. The van der Waals surface area contributed by atoms with Crippen molar-refractivity contribution in [2.75, 3.05) is 47.1 Å². The molecule has 0 saturated carbocycles.